The second kappa shape index (κ2) is 3.65. The van der Waals surface area contributed by atoms with Crippen molar-refractivity contribution in [2.45, 2.75) is 39.5 Å². The first-order valence-corrected chi connectivity index (χ1v) is 5.34. The van der Waals surface area contributed by atoms with Gasteiger partial charge in [0.2, 0.25) is 0 Å². The van der Waals surface area contributed by atoms with Crippen LogP contribution in [-0.2, 0) is 0 Å². The fourth-order valence-electron chi connectivity index (χ4n) is 1.78. The molecule has 15 heavy (non-hydrogen) atoms. The van der Waals surface area contributed by atoms with Crippen LogP contribution in [0.4, 0.5) is 0 Å². The summed E-state index contributed by atoms with van der Waals surface area (Å²) < 4.78 is 5.29. The number of nitrogens with zero attached hydrogens (tertiary/aromatic N) is 2. The molecule has 0 aromatic carbocycles. The third-order valence-electron chi connectivity index (χ3n) is 2.61. The first kappa shape index (κ1) is 10.1. The molecular weight excluding hydrogens is 188 g/mol. The molecular formula is C12H16N2O. The van der Waals surface area contributed by atoms with Crippen molar-refractivity contribution in [2.75, 3.05) is 0 Å². The maximum atomic E-state index is 5.29. The van der Waals surface area contributed by atoms with Gasteiger partial charge in [-0.1, -0.05) is 32.9 Å². The van der Waals surface area contributed by atoms with E-state index in [-0.39, 0.29) is 0 Å². The van der Waals surface area contributed by atoms with E-state index < -0.39 is 0 Å². The van der Waals surface area contributed by atoms with Gasteiger partial charge in [-0.25, -0.2) is 0 Å². The van der Waals surface area contributed by atoms with Crippen molar-refractivity contribution in [2.24, 2.45) is 0 Å². The molecule has 0 radical (unpaired) electrons. The first-order chi connectivity index (χ1) is 7.11. The normalized spacial score (nSPS) is 11.9. The highest BCUT2D eigenvalue weighted by Crippen LogP contribution is 2.30. The van der Waals surface area contributed by atoms with Crippen LogP contribution in [-0.4, -0.2) is 10.1 Å². The smallest absolute Gasteiger partial charge is 0.185 e. The number of fused-ring (bicyclic) bond motifs is 1. The lowest BCUT2D eigenvalue weighted by atomic mass is 9.97. The molecule has 0 amide bonds. The summed E-state index contributed by atoms with van der Waals surface area (Å²) in [4.78, 5) is 4.17. The van der Waals surface area contributed by atoms with Crippen LogP contribution in [0.3, 0.4) is 0 Å². The maximum absolute atomic E-state index is 5.29. The van der Waals surface area contributed by atoms with Gasteiger partial charge in [0, 0.05) is 6.20 Å². The SMILES string of the molecule is CC(C)c1cncc2onc(C(C)C)c12. The maximum Gasteiger partial charge on any atom is 0.185 e. The number of hydrogen-bond acceptors (Lipinski definition) is 3. The van der Waals surface area contributed by atoms with Crippen LogP contribution in [0.2, 0.25) is 0 Å². The van der Waals surface area contributed by atoms with Gasteiger partial charge in [-0.15, -0.1) is 0 Å². The molecule has 3 nitrogen and oxygen atoms in total. The van der Waals surface area contributed by atoms with Crippen molar-refractivity contribution >= 4 is 11.0 Å². The zero-order valence-corrected chi connectivity index (χ0v) is 9.61. The summed E-state index contributed by atoms with van der Waals surface area (Å²) in [6, 6.07) is 0. The predicted molar refractivity (Wildman–Crippen MR) is 60.0 cm³/mol. The van der Waals surface area contributed by atoms with Gasteiger partial charge >= 0.3 is 0 Å². The van der Waals surface area contributed by atoms with Crippen LogP contribution in [0.15, 0.2) is 16.9 Å². The van der Waals surface area contributed by atoms with Crippen molar-refractivity contribution in [3.63, 3.8) is 0 Å². The summed E-state index contributed by atoms with van der Waals surface area (Å²) in [6.07, 6.45) is 3.65. The van der Waals surface area contributed by atoms with Gasteiger partial charge in [0.1, 0.15) is 0 Å². The average molecular weight is 204 g/mol. The van der Waals surface area contributed by atoms with Gasteiger partial charge in [0.25, 0.3) is 0 Å². The highest BCUT2D eigenvalue weighted by Gasteiger charge is 2.16. The molecule has 0 bridgehead atoms. The zero-order chi connectivity index (χ0) is 11.0. The number of aromatic nitrogens is 2. The Bertz CT molecular complexity index is 471. The van der Waals surface area contributed by atoms with Gasteiger partial charge < -0.3 is 4.52 Å². The average Bonchev–Trinajstić information content (AvgIpc) is 2.60. The van der Waals surface area contributed by atoms with Crippen LogP contribution in [0.25, 0.3) is 11.0 Å². The van der Waals surface area contributed by atoms with E-state index in [1.807, 2.05) is 6.20 Å². The van der Waals surface area contributed by atoms with Crippen LogP contribution in [0, 0.1) is 0 Å². The quantitative estimate of drug-likeness (QED) is 0.751. The van der Waals surface area contributed by atoms with Crippen molar-refractivity contribution in [3.8, 4) is 0 Å². The van der Waals surface area contributed by atoms with Gasteiger partial charge in [0.05, 0.1) is 17.3 Å². The summed E-state index contributed by atoms with van der Waals surface area (Å²) in [5.41, 5.74) is 3.05. The third kappa shape index (κ3) is 1.62. The van der Waals surface area contributed by atoms with Crippen LogP contribution in [0.1, 0.15) is 50.8 Å². The molecule has 0 N–H and O–H groups in total. The van der Waals surface area contributed by atoms with E-state index in [1.54, 1.807) is 6.20 Å². The molecule has 0 spiro atoms. The Morgan fingerprint density at radius 1 is 1.07 bits per heavy atom. The van der Waals surface area contributed by atoms with Gasteiger partial charge in [0.15, 0.2) is 5.58 Å². The molecule has 2 rings (SSSR count). The van der Waals surface area contributed by atoms with E-state index in [9.17, 15) is 0 Å². The van der Waals surface area contributed by atoms with Gasteiger partial charge in [-0.2, -0.15) is 0 Å². The molecule has 2 aromatic rings. The number of rotatable bonds is 2. The van der Waals surface area contributed by atoms with E-state index in [4.69, 9.17) is 4.52 Å². The summed E-state index contributed by atoms with van der Waals surface area (Å²) in [5, 5.41) is 5.27. The number of hydrogen-bond donors (Lipinski definition) is 0. The van der Waals surface area contributed by atoms with Gasteiger partial charge in [-0.3, -0.25) is 4.98 Å². The molecule has 0 saturated heterocycles. The highest BCUT2D eigenvalue weighted by molar-refractivity contribution is 5.83. The van der Waals surface area contributed by atoms with Gasteiger partial charge in [-0.05, 0) is 17.4 Å². The van der Waals surface area contributed by atoms with Crippen LogP contribution < -0.4 is 0 Å². The Hall–Kier alpha value is -1.38. The van der Waals surface area contributed by atoms with Crippen molar-refractivity contribution in [3.05, 3.63) is 23.7 Å². The highest BCUT2D eigenvalue weighted by atomic mass is 16.5. The molecule has 2 heterocycles. The molecule has 0 aliphatic heterocycles. The Morgan fingerprint density at radius 3 is 2.40 bits per heavy atom. The Balaban J connectivity index is 2.75. The largest absolute Gasteiger partial charge is 0.354 e. The summed E-state index contributed by atoms with van der Waals surface area (Å²) >= 11 is 0. The summed E-state index contributed by atoms with van der Waals surface area (Å²) in [5.74, 6) is 0.823. The van der Waals surface area contributed by atoms with E-state index in [2.05, 4.69) is 37.8 Å². The summed E-state index contributed by atoms with van der Waals surface area (Å²) in [7, 11) is 0. The minimum atomic E-state index is 0.381. The Morgan fingerprint density at radius 2 is 1.80 bits per heavy atom. The first-order valence-electron chi connectivity index (χ1n) is 5.34. The molecule has 2 aromatic heterocycles. The second-order valence-electron chi connectivity index (χ2n) is 4.48. The minimum Gasteiger partial charge on any atom is -0.354 e. The fraction of sp³-hybridized carbons (Fsp3) is 0.500. The lowest BCUT2D eigenvalue weighted by Crippen LogP contribution is -1.94. The Kier molecular flexibility index (Phi) is 2.47. The monoisotopic (exact) mass is 204 g/mol. The molecule has 0 aliphatic carbocycles. The van der Waals surface area contributed by atoms with Crippen LogP contribution in [0.5, 0.6) is 0 Å². The zero-order valence-electron chi connectivity index (χ0n) is 9.61. The third-order valence-corrected chi connectivity index (χ3v) is 2.61. The molecule has 3 heteroatoms. The van der Waals surface area contributed by atoms with E-state index >= 15 is 0 Å². The lowest BCUT2D eigenvalue weighted by molar-refractivity contribution is 0.441. The molecule has 0 saturated carbocycles. The summed E-state index contributed by atoms with van der Waals surface area (Å²) in [6.45, 7) is 8.57. The molecule has 0 atom stereocenters. The lowest BCUT2D eigenvalue weighted by Gasteiger charge is -2.07. The molecule has 0 fully saturated rings. The number of pyridine rings is 1. The fourth-order valence-corrected chi connectivity index (χ4v) is 1.78. The Labute approximate surface area is 89.5 Å². The predicted octanol–water partition coefficient (Wildman–Crippen LogP) is 3.47. The van der Waals surface area contributed by atoms with Crippen molar-refractivity contribution in [1.82, 2.24) is 10.1 Å². The molecule has 0 aliphatic rings. The standard InChI is InChI=1S/C12H16N2O/c1-7(2)9-5-13-6-10-11(9)12(8(3)4)14-15-10/h5-8H,1-4H3. The van der Waals surface area contributed by atoms with Crippen molar-refractivity contribution < 1.29 is 4.52 Å². The molecule has 0 unspecified atom stereocenters. The van der Waals surface area contributed by atoms with Crippen molar-refractivity contribution in [1.29, 1.82) is 0 Å². The minimum absolute atomic E-state index is 0.381. The van der Waals surface area contributed by atoms with E-state index in [0.717, 1.165) is 16.7 Å². The van der Waals surface area contributed by atoms with Crippen LogP contribution >= 0.6 is 0 Å². The van der Waals surface area contributed by atoms with E-state index in [0.29, 0.717) is 11.8 Å². The second-order valence-corrected chi connectivity index (χ2v) is 4.48. The topological polar surface area (TPSA) is 38.9 Å². The van der Waals surface area contributed by atoms with E-state index in [1.165, 1.54) is 5.56 Å². The molecule has 80 valence electrons.